The van der Waals surface area contributed by atoms with Crippen LogP contribution < -0.4 is 0 Å². The molecule has 5 aromatic carbocycles. The normalized spacial score (nSPS) is 13.0. The molecule has 1 aliphatic rings. The fourth-order valence-corrected chi connectivity index (χ4v) is 9.09. The van der Waals surface area contributed by atoms with E-state index in [1.807, 2.05) is 48.0 Å². The minimum Gasteiger partial charge on any atom is -0.256 e. The number of benzene rings is 5. The van der Waals surface area contributed by atoms with Gasteiger partial charge in [0, 0.05) is 71.4 Å². The van der Waals surface area contributed by atoms with Crippen LogP contribution >= 0.6 is 11.3 Å². The quantitative estimate of drug-likeness (QED) is 0.181. The first-order valence-electron chi connectivity index (χ1n) is 17.5. The van der Waals surface area contributed by atoms with Crippen molar-refractivity contribution in [1.82, 2.24) is 19.9 Å². The van der Waals surface area contributed by atoms with E-state index in [0.717, 1.165) is 56.2 Å². The van der Waals surface area contributed by atoms with Gasteiger partial charge in [0.1, 0.15) is 0 Å². The maximum Gasteiger partial charge on any atom is 0.160 e. The molecule has 10 rings (SSSR count). The molecule has 5 heteroatoms. The van der Waals surface area contributed by atoms with Crippen LogP contribution in [0.1, 0.15) is 25.0 Å². The Labute approximate surface area is 306 Å². The van der Waals surface area contributed by atoms with Crippen molar-refractivity contribution in [2.75, 3.05) is 0 Å². The van der Waals surface area contributed by atoms with E-state index in [1.54, 1.807) is 0 Å². The Hall–Kier alpha value is -6.30. The monoisotopic (exact) mass is 684 g/mol. The smallest absolute Gasteiger partial charge is 0.160 e. The van der Waals surface area contributed by atoms with E-state index in [4.69, 9.17) is 19.9 Å². The maximum atomic E-state index is 5.46. The van der Waals surface area contributed by atoms with Crippen molar-refractivity contribution in [3.05, 3.63) is 169 Å². The summed E-state index contributed by atoms with van der Waals surface area (Å²) in [6.45, 7) is 4.58. The van der Waals surface area contributed by atoms with Gasteiger partial charge >= 0.3 is 0 Å². The summed E-state index contributed by atoms with van der Waals surface area (Å²) >= 11 is 1.86. The number of hydrogen-bond acceptors (Lipinski definition) is 5. The average molecular weight is 685 g/mol. The van der Waals surface area contributed by atoms with Crippen LogP contribution in [0.5, 0.6) is 0 Å². The van der Waals surface area contributed by atoms with E-state index in [1.165, 1.54) is 36.9 Å². The van der Waals surface area contributed by atoms with Gasteiger partial charge < -0.3 is 0 Å². The molecule has 4 aromatic heterocycles. The number of nitrogens with zero attached hydrogens (tertiary/aromatic N) is 4. The van der Waals surface area contributed by atoms with E-state index in [0.29, 0.717) is 5.82 Å². The minimum absolute atomic E-state index is 0.307. The predicted molar refractivity (Wildman–Crippen MR) is 215 cm³/mol. The van der Waals surface area contributed by atoms with Crippen molar-refractivity contribution in [3.63, 3.8) is 0 Å². The van der Waals surface area contributed by atoms with E-state index in [9.17, 15) is 0 Å². The largest absolute Gasteiger partial charge is 0.256 e. The first-order valence-corrected chi connectivity index (χ1v) is 18.4. The molecule has 1 aliphatic carbocycles. The molecule has 0 bridgehead atoms. The Kier molecular flexibility index (Phi) is 6.98. The molecule has 0 N–H and O–H groups in total. The van der Waals surface area contributed by atoms with Crippen molar-refractivity contribution in [3.8, 4) is 67.5 Å². The molecule has 0 unspecified atom stereocenters. The zero-order valence-electron chi connectivity index (χ0n) is 28.7. The average Bonchev–Trinajstić information content (AvgIpc) is 3.70. The molecular formula is C47H32N4S. The first-order chi connectivity index (χ1) is 25.5. The lowest BCUT2D eigenvalue weighted by molar-refractivity contribution is 0.658. The molecular weight excluding hydrogens is 653 g/mol. The lowest BCUT2D eigenvalue weighted by Gasteiger charge is -2.24. The first kappa shape index (κ1) is 30.5. The highest BCUT2D eigenvalue weighted by Gasteiger charge is 2.40. The molecule has 0 fully saturated rings. The summed E-state index contributed by atoms with van der Waals surface area (Å²) in [4.78, 5) is 20.3. The molecule has 9 aromatic rings. The Morgan fingerprint density at radius 1 is 0.481 bits per heavy atom. The minimum atomic E-state index is -0.307. The summed E-state index contributed by atoms with van der Waals surface area (Å²) in [5.74, 6) is 0.704. The number of fused-ring (bicyclic) bond motifs is 6. The van der Waals surface area contributed by atoms with E-state index < -0.39 is 0 Å². The van der Waals surface area contributed by atoms with Gasteiger partial charge in [0.2, 0.25) is 0 Å². The van der Waals surface area contributed by atoms with Gasteiger partial charge in [-0.3, -0.25) is 9.97 Å². The molecule has 0 aliphatic heterocycles. The maximum absolute atomic E-state index is 5.46. The van der Waals surface area contributed by atoms with Crippen LogP contribution in [0.15, 0.2) is 158 Å². The zero-order chi connectivity index (χ0) is 34.8. The molecule has 4 heterocycles. The van der Waals surface area contributed by atoms with Crippen LogP contribution in [0.4, 0.5) is 0 Å². The molecule has 0 amide bonds. The summed E-state index contributed by atoms with van der Waals surface area (Å²) in [6, 6.07) is 51.4. The Morgan fingerprint density at radius 2 is 1.08 bits per heavy atom. The molecule has 52 heavy (non-hydrogen) atoms. The van der Waals surface area contributed by atoms with Gasteiger partial charge in [-0.2, -0.15) is 0 Å². The van der Waals surface area contributed by atoms with Gasteiger partial charge in [-0.05, 0) is 65.2 Å². The van der Waals surface area contributed by atoms with E-state index in [2.05, 4.69) is 135 Å². The standard InChI is InChI=1S/C47H32N4S/c1-47(2)38-16-5-3-13-37(38)44-42(47)43(33-27-31(39-17-7-9-24-48-39)26-32(28-33)40-18-8-10-25-49-40)50-46(51-44)30-22-20-29(21-23-30)34-14-11-15-36-35-12-4-6-19-41(35)52-45(34)36/h3-28H,1-2H3. The third-order valence-electron chi connectivity index (χ3n) is 10.4. The van der Waals surface area contributed by atoms with Crippen LogP contribution in [0.2, 0.25) is 0 Å². The molecule has 0 radical (unpaired) electrons. The Bertz CT molecular complexity index is 2750. The van der Waals surface area contributed by atoms with Crippen molar-refractivity contribution in [2.45, 2.75) is 19.3 Å². The second-order valence-electron chi connectivity index (χ2n) is 13.9. The number of thiophene rings is 1. The van der Waals surface area contributed by atoms with Crippen molar-refractivity contribution < 1.29 is 0 Å². The highest BCUT2D eigenvalue weighted by molar-refractivity contribution is 7.26. The Balaban J connectivity index is 1.17. The van der Waals surface area contributed by atoms with Gasteiger partial charge in [0.05, 0.1) is 22.8 Å². The molecule has 0 saturated carbocycles. The second-order valence-corrected chi connectivity index (χ2v) is 14.9. The van der Waals surface area contributed by atoms with Gasteiger partial charge in [-0.1, -0.05) is 111 Å². The number of hydrogen-bond donors (Lipinski definition) is 0. The number of rotatable bonds is 5. The number of aromatic nitrogens is 4. The summed E-state index contributed by atoms with van der Waals surface area (Å²) in [5, 5.41) is 2.61. The summed E-state index contributed by atoms with van der Waals surface area (Å²) in [7, 11) is 0. The molecule has 0 spiro atoms. The van der Waals surface area contributed by atoms with Crippen LogP contribution in [-0.4, -0.2) is 19.9 Å². The van der Waals surface area contributed by atoms with Gasteiger partial charge in [-0.25, -0.2) is 9.97 Å². The highest BCUT2D eigenvalue weighted by atomic mass is 32.1. The van der Waals surface area contributed by atoms with E-state index >= 15 is 0 Å². The molecule has 4 nitrogen and oxygen atoms in total. The third kappa shape index (κ3) is 4.89. The SMILES string of the molecule is CC1(C)c2ccccc2-c2nc(-c3ccc(-c4cccc5c4sc4ccccc45)cc3)nc(-c3cc(-c4ccccn4)cc(-c4ccccn4)c3)c21. The highest BCUT2D eigenvalue weighted by Crippen LogP contribution is 2.52. The van der Waals surface area contributed by atoms with Crippen molar-refractivity contribution in [1.29, 1.82) is 0 Å². The van der Waals surface area contributed by atoms with Crippen molar-refractivity contribution in [2.24, 2.45) is 0 Å². The second kappa shape index (κ2) is 11.9. The van der Waals surface area contributed by atoms with Crippen LogP contribution in [0.3, 0.4) is 0 Å². The Morgan fingerprint density at radius 3 is 1.81 bits per heavy atom. The summed E-state index contributed by atoms with van der Waals surface area (Å²) < 4.78 is 2.62. The van der Waals surface area contributed by atoms with Crippen LogP contribution in [0, 0.1) is 0 Å². The molecule has 0 saturated heterocycles. The topological polar surface area (TPSA) is 51.6 Å². The van der Waals surface area contributed by atoms with Gasteiger partial charge in [-0.15, -0.1) is 11.3 Å². The fraction of sp³-hybridized carbons (Fsp3) is 0.0638. The lowest BCUT2D eigenvalue weighted by Crippen LogP contribution is -2.17. The van der Waals surface area contributed by atoms with Crippen LogP contribution in [-0.2, 0) is 5.41 Å². The zero-order valence-corrected chi connectivity index (χ0v) is 29.5. The number of pyridine rings is 2. The van der Waals surface area contributed by atoms with Gasteiger partial charge in [0.25, 0.3) is 0 Å². The predicted octanol–water partition coefficient (Wildman–Crippen LogP) is 12.3. The van der Waals surface area contributed by atoms with Crippen LogP contribution in [0.25, 0.3) is 87.7 Å². The lowest BCUT2D eigenvalue weighted by atomic mass is 9.80. The molecule has 246 valence electrons. The summed E-state index contributed by atoms with van der Waals surface area (Å²) in [5.41, 5.74) is 13.4. The van der Waals surface area contributed by atoms with Gasteiger partial charge in [0.15, 0.2) is 5.82 Å². The summed E-state index contributed by atoms with van der Waals surface area (Å²) in [6.07, 6.45) is 3.68. The van der Waals surface area contributed by atoms with Crippen molar-refractivity contribution >= 4 is 31.5 Å². The fourth-order valence-electron chi connectivity index (χ4n) is 7.86. The third-order valence-corrected chi connectivity index (χ3v) is 11.6. The molecule has 0 atom stereocenters. The van der Waals surface area contributed by atoms with E-state index in [-0.39, 0.29) is 5.41 Å².